The van der Waals surface area contributed by atoms with Crippen molar-refractivity contribution in [1.82, 2.24) is 9.97 Å². The third kappa shape index (κ3) is 4.96. The van der Waals surface area contributed by atoms with E-state index in [0.29, 0.717) is 16.4 Å². The maximum Gasteiger partial charge on any atom is 0.259 e. The first-order chi connectivity index (χ1) is 11.1. The van der Waals surface area contributed by atoms with Gasteiger partial charge in [0.05, 0.1) is 5.56 Å². The van der Waals surface area contributed by atoms with Crippen molar-refractivity contribution in [2.45, 2.75) is 37.6 Å². The number of nitrogens with zero attached hydrogens (tertiary/aromatic N) is 1. The summed E-state index contributed by atoms with van der Waals surface area (Å²) in [5.74, 6) is 0.468. The van der Waals surface area contributed by atoms with Gasteiger partial charge in [0, 0.05) is 0 Å². The van der Waals surface area contributed by atoms with Crippen LogP contribution in [0.4, 0.5) is 0 Å². The van der Waals surface area contributed by atoms with Crippen LogP contribution in [-0.2, 0) is 0 Å². The van der Waals surface area contributed by atoms with Crippen molar-refractivity contribution in [3.05, 3.63) is 70.3 Å². The highest BCUT2D eigenvalue weighted by Gasteiger charge is 2.14. The molecule has 1 aliphatic carbocycles. The molecular weight excluding hydrogens is 304 g/mol. The van der Waals surface area contributed by atoms with E-state index < -0.39 is 0 Å². The summed E-state index contributed by atoms with van der Waals surface area (Å²) >= 11 is 4.28. The van der Waals surface area contributed by atoms with E-state index in [1.807, 2.05) is 18.2 Å². The predicted octanol–water partition coefficient (Wildman–Crippen LogP) is 4.65. The number of benzene rings is 1. The Kier molecular flexibility index (Phi) is 6.41. The maximum absolute atomic E-state index is 11.9. The van der Waals surface area contributed by atoms with Crippen molar-refractivity contribution in [3.8, 4) is 0 Å². The molecule has 0 bridgehead atoms. The molecule has 0 atom stereocenters. The Bertz CT molecular complexity index is 748. The second-order valence-electron chi connectivity index (χ2n) is 5.48. The quantitative estimate of drug-likeness (QED) is 0.623. The van der Waals surface area contributed by atoms with Gasteiger partial charge in [0.2, 0.25) is 0 Å². The molecule has 1 N–H and O–H groups in total. The molecular formula is C19H22N2OS. The van der Waals surface area contributed by atoms with Crippen LogP contribution in [0, 0.1) is 6.92 Å². The average molecular weight is 326 g/mol. The van der Waals surface area contributed by atoms with E-state index >= 15 is 0 Å². The number of aromatic amines is 1. The van der Waals surface area contributed by atoms with E-state index in [0.717, 1.165) is 24.8 Å². The molecule has 0 spiro atoms. The van der Waals surface area contributed by atoms with Crippen LogP contribution in [0.15, 0.2) is 52.8 Å². The van der Waals surface area contributed by atoms with Crippen LogP contribution in [0.5, 0.6) is 0 Å². The molecule has 120 valence electrons. The van der Waals surface area contributed by atoms with Crippen LogP contribution in [0.3, 0.4) is 0 Å². The number of hydrogen-bond acceptors (Lipinski definition) is 3. The van der Waals surface area contributed by atoms with E-state index in [9.17, 15) is 4.79 Å². The molecule has 23 heavy (non-hydrogen) atoms. The lowest BCUT2D eigenvalue weighted by molar-refractivity contribution is 0.738. The molecule has 0 fully saturated rings. The Hall–Kier alpha value is -2.07. The molecule has 0 unspecified atom stereocenters. The molecule has 4 heteroatoms. The average Bonchev–Trinajstić information content (AvgIpc) is 2.56. The number of thiol groups is 1. The standard InChI is InChI=1S/C12H14N2OS.C7H8/c1-2-9-13-11(15)10(12(16)14-9)8-6-4-3-5-7-8;1-7-5-3-2-4-6-7/h2,6H,1,3-5,7H2,(H2,13,14,15,16);2-6H,1H3. The van der Waals surface area contributed by atoms with Crippen LogP contribution in [0.25, 0.3) is 11.6 Å². The lowest BCUT2D eigenvalue weighted by Gasteiger charge is -2.13. The third-order valence-corrected chi connectivity index (χ3v) is 3.99. The molecule has 2 aromatic rings. The summed E-state index contributed by atoms with van der Waals surface area (Å²) in [5, 5.41) is 0.492. The summed E-state index contributed by atoms with van der Waals surface area (Å²) in [4.78, 5) is 18.8. The second-order valence-corrected chi connectivity index (χ2v) is 5.91. The number of hydrogen-bond donors (Lipinski definition) is 2. The fraction of sp³-hybridized carbons (Fsp3) is 0.263. The highest BCUT2D eigenvalue weighted by atomic mass is 32.1. The zero-order valence-corrected chi connectivity index (χ0v) is 14.3. The van der Waals surface area contributed by atoms with Crippen molar-refractivity contribution < 1.29 is 0 Å². The lowest BCUT2D eigenvalue weighted by atomic mass is 9.95. The van der Waals surface area contributed by atoms with E-state index in [2.05, 4.69) is 54.3 Å². The van der Waals surface area contributed by atoms with Gasteiger partial charge in [-0.3, -0.25) is 4.79 Å². The van der Waals surface area contributed by atoms with Crippen molar-refractivity contribution in [2.24, 2.45) is 0 Å². The lowest BCUT2D eigenvalue weighted by Crippen LogP contribution is -2.16. The largest absolute Gasteiger partial charge is 0.306 e. The number of H-pyrrole nitrogens is 1. The number of nitrogens with one attached hydrogen (secondary N) is 1. The monoisotopic (exact) mass is 326 g/mol. The number of aryl methyl sites for hydroxylation is 1. The van der Waals surface area contributed by atoms with Crippen LogP contribution in [-0.4, -0.2) is 9.97 Å². The molecule has 0 aliphatic heterocycles. The molecule has 1 heterocycles. The molecule has 1 aliphatic rings. The summed E-state index contributed by atoms with van der Waals surface area (Å²) in [6.45, 7) is 5.66. The van der Waals surface area contributed by atoms with Gasteiger partial charge >= 0.3 is 0 Å². The third-order valence-electron chi connectivity index (χ3n) is 3.66. The van der Waals surface area contributed by atoms with Crippen molar-refractivity contribution in [2.75, 3.05) is 0 Å². The van der Waals surface area contributed by atoms with Gasteiger partial charge in [-0.1, -0.05) is 48.6 Å². The van der Waals surface area contributed by atoms with Gasteiger partial charge in [0.25, 0.3) is 5.56 Å². The molecule has 0 saturated heterocycles. The molecule has 1 aromatic carbocycles. The van der Waals surface area contributed by atoms with Gasteiger partial charge in [0.15, 0.2) is 0 Å². The summed E-state index contributed by atoms with van der Waals surface area (Å²) in [6, 6.07) is 10.3. The van der Waals surface area contributed by atoms with E-state index in [-0.39, 0.29) is 5.56 Å². The Morgan fingerprint density at radius 1 is 1.26 bits per heavy atom. The summed E-state index contributed by atoms with van der Waals surface area (Å²) < 4.78 is 0. The maximum atomic E-state index is 11.9. The van der Waals surface area contributed by atoms with Crippen molar-refractivity contribution >= 4 is 24.3 Å². The number of rotatable bonds is 2. The fourth-order valence-electron chi connectivity index (χ4n) is 2.46. The first-order valence-electron chi connectivity index (χ1n) is 7.78. The van der Waals surface area contributed by atoms with Crippen LogP contribution in [0.1, 0.15) is 42.6 Å². The minimum Gasteiger partial charge on any atom is -0.306 e. The minimum absolute atomic E-state index is 0.122. The zero-order valence-electron chi connectivity index (χ0n) is 13.4. The Morgan fingerprint density at radius 3 is 2.48 bits per heavy atom. The highest BCUT2D eigenvalue weighted by Crippen LogP contribution is 2.27. The molecule has 3 rings (SSSR count). The molecule has 3 nitrogen and oxygen atoms in total. The van der Waals surface area contributed by atoms with Gasteiger partial charge in [-0.25, -0.2) is 4.98 Å². The Morgan fingerprint density at radius 2 is 2.00 bits per heavy atom. The van der Waals surface area contributed by atoms with Gasteiger partial charge < -0.3 is 4.98 Å². The SMILES string of the molecule is C=Cc1nc(S)c(C2=CCCCC2)c(=O)[nH]1.Cc1ccccc1. The Labute approximate surface area is 142 Å². The van der Waals surface area contributed by atoms with Crippen LogP contribution >= 0.6 is 12.6 Å². The number of aromatic nitrogens is 2. The van der Waals surface area contributed by atoms with Crippen LogP contribution in [0.2, 0.25) is 0 Å². The summed E-state index contributed by atoms with van der Waals surface area (Å²) in [7, 11) is 0. The topological polar surface area (TPSA) is 45.8 Å². The fourth-order valence-corrected chi connectivity index (χ4v) is 2.82. The summed E-state index contributed by atoms with van der Waals surface area (Å²) in [6.07, 6.45) is 7.92. The van der Waals surface area contributed by atoms with Crippen LogP contribution < -0.4 is 5.56 Å². The molecule has 1 aromatic heterocycles. The van der Waals surface area contributed by atoms with E-state index in [1.165, 1.54) is 18.1 Å². The first kappa shape index (κ1) is 17.3. The van der Waals surface area contributed by atoms with E-state index in [1.54, 1.807) is 0 Å². The van der Waals surface area contributed by atoms with Gasteiger partial charge in [0.1, 0.15) is 10.9 Å². The molecule has 0 amide bonds. The smallest absolute Gasteiger partial charge is 0.259 e. The minimum atomic E-state index is -0.122. The zero-order chi connectivity index (χ0) is 16.7. The van der Waals surface area contributed by atoms with Crippen molar-refractivity contribution in [3.63, 3.8) is 0 Å². The van der Waals surface area contributed by atoms with E-state index in [4.69, 9.17) is 0 Å². The van der Waals surface area contributed by atoms with Crippen molar-refractivity contribution in [1.29, 1.82) is 0 Å². The highest BCUT2D eigenvalue weighted by molar-refractivity contribution is 7.80. The molecule has 0 radical (unpaired) electrons. The van der Waals surface area contributed by atoms with Gasteiger partial charge in [-0.05, 0) is 44.3 Å². The van der Waals surface area contributed by atoms with Gasteiger partial charge in [-0.15, -0.1) is 12.6 Å². The normalized spacial score (nSPS) is 13.6. The first-order valence-corrected chi connectivity index (χ1v) is 8.23. The predicted molar refractivity (Wildman–Crippen MR) is 99.8 cm³/mol. The van der Waals surface area contributed by atoms with Gasteiger partial charge in [-0.2, -0.15) is 0 Å². The Balaban J connectivity index is 0.000000229. The summed E-state index contributed by atoms with van der Waals surface area (Å²) in [5.41, 5.74) is 2.89. The number of allylic oxidation sites excluding steroid dienone is 2. The molecule has 0 saturated carbocycles. The second kappa shape index (κ2) is 8.53.